The van der Waals surface area contributed by atoms with E-state index in [1.165, 1.54) is 0 Å². The summed E-state index contributed by atoms with van der Waals surface area (Å²) in [5, 5.41) is 0. The van der Waals surface area contributed by atoms with E-state index in [0.717, 1.165) is 28.2 Å². The molecule has 1 fully saturated rings. The number of ether oxygens (including phenoxy) is 3. The summed E-state index contributed by atoms with van der Waals surface area (Å²) >= 11 is 0. The van der Waals surface area contributed by atoms with Gasteiger partial charge in [-0.15, -0.1) is 0 Å². The molecule has 0 spiro atoms. The minimum absolute atomic E-state index is 0.00452. The number of carbonyl (C=O) groups is 1. The van der Waals surface area contributed by atoms with Crippen LogP contribution in [0.2, 0.25) is 0 Å². The number of carbonyl (C=O) groups excluding carboxylic acids is 1. The Morgan fingerprint density at radius 1 is 0.900 bits per heavy atom. The van der Waals surface area contributed by atoms with Gasteiger partial charge in [-0.1, -0.05) is 54.6 Å². The van der Waals surface area contributed by atoms with Crippen molar-refractivity contribution < 1.29 is 19.0 Å². The maximum atomic E-state index is 12.3. The van der Waals surface area contributed by atoms with E-state index >= 15 is 0 Å². The predicted octanol–water partition coefficient (Wildman–Crippen LogP) is 4.37. The molecule has 1 aliphatic rings. The van der Waals surface area contributed by atoms with Crippen molar-refractivity contribution in [3.8, 4) is 11.5 Å². The molecule has 5 nitrogen and oxygen atoms in total. The fraction of sp³-hybridized carbons (Fsp3) is 0.240. The Morgan fingerprint density at radius 2 is 1.60 bits per heavy atom. The van der Waals surface area contributed by atoms with Gasteiger partial charge in [-0.3, -0.25) is 4.79 Å². The van der Waals surface area contributed by atoms with Gasteiger partial charge in [0.15, 0.2) is 0 Å². The summed E-state index contributed by atoms with van der Waals surface area (Å²) in [5.41, 5.74) is 3.23. The summed E-state index contributed by atoms with van der Waals surface area (Å²) in [5.74, 6) is 1.62. The normalized spacial score (nSPS) is 16.4. The van der Waals surface area contributed by atoms with Crippen molar-refractivity contribution in [1.29, 1.82) is 0 Å². The number of morpholine rings is 1. The van der Waals surface area contributed by atoms with Gasteiger partial charge in [0.25, 0.3) is 0 Å². The quantitative estimate of drug-likeness (QED) is 0.588. The molecule has 1 aliphatic heterocycles. The van der Waals surface area contributed by atoms with Crippen molar-refractivity contribution in [3.05, 3.63) is 95.6 Å². The minimum Gasteiger partial charge on any atom is -0.497 e. The Kier molecular flexibility index (Phi) is 6.30. The number of nitrogens with zero attached hydrogens (tertiary/aromatic N) is 1. The number of hydrogen-bond donors (Lipinski definition) is 0. The average Bonchev–Trinajstić information content (AvgIpc) is 2.81. The number of benzene rings is 3. The minimum atomic E-state index is -0.149. The van der Waals surface area contributed by atoms with Crippen molar-refractivity contribution in [1.82, 2.24) is 4.90 Å². The SMILES string of the molecule is COc1ccc(CN2C[C@H](c3ccc(OCc4ccccc4)cc3)OCC2=O)cc1. The molecule has 0 unspecified atom stereocenters. The van der Waals surface area contributed by atoms with Crippen LogP contribution in [0, 0.1) is 0 Å². The second kappa shape index (κ2) is 9.46. The highest BCUT2D eigenvalue weighted by atomic mass is 16.5. The lowest BCUT2D eigenvalue weighted by Gasteiger charge is -2.33. The Morgan fingerprint density at radius 3 is 2.30 bits per heavy atom. The monoisotopic (exact) mass is 403 g/mol. The van der Waals surface area contributed by atoms with E-state index in [2.05, 4.69) is 0 Å². The molecule has 30 heavy (non-hydrogen) atoms. The van der Waals surface area contributed by atoms with E-state index in [0.29, 0.717) is 19.7 Å². The molecule has 0 bridgehead atoms. The lowest BCUT2D eigenvalue weighted by Crippen LogP contribution is -2.42. The summed E-state index contributed by atoms with van der Waals surface area (Å²) in [4.78, 5) is 14.2. The average molecular weight is 403 g/mol. The number of hydrogen-bond acceptors (Lipinski definition) is 4. The van der Waals surface area contributed by atoms with E-state index in [-0.39, 0.29) is 18.6 Å². The molecule has 1 amide bonds. The van der Waals surface area contributed by atoms with Gasteiger partial charge >= 0.3 is 0 Å². The third-order valence-corrected chi connectivity index (χ3v) is 5.18. The third-order valence-electron chi connectivity index (χ3n) is 5.18. The van der Waals surface area contributed by atoms with Gasteiger partial charge < -0.3 is 19.1 Å². The first kappa shape index (κ1) is 20.0. The van der Waals surface area contributed by atoms with Crippen LogP contribution >= 0.6 is 0 Å². The molecule has 0 aromatic heterocycles. The van der Waals surface area contributed by atoms with E-state index in [1.54, 1.807) is 7.11 Å². The summed E-state index contributed by atoms with van der Waals surface area (Å²) in [6.45, 7) is 1.70. The Balaban J connectivity index is 1.36. The van der Waals surface area contributed by atoms with Crippen molar-refractivity contribution in [3.63, 3.8) is 0 Å². The first-order valence-corrected chi connectivity index (χ1v) is 10.0. The van der Waals surface area contributed by atoms with Crippen LogP contribution in [-0.4, -0.2) is 31.1 Å². The molecule has 154 valence electrons. The van der Waals surface area contributed by atoms with Gasteiger partial charge in [0, 0.05) is 6.54 Å². The molecule has 5 heteroatoms. The van der Waals surface area contributed by atoms with Crippen molar-refractivity contribution >= 4 is 5.91 Å². The molecule has 0 radical (unpaired) electrons. The van der Waals surface area contributed by atoms with Crippen LogP contribution in [0.4, 0.5) is 0 Å². The molecule has 0 N–H and O–H groups in total. The highest BCUT2D eigenvalue weighted by Crippen LogP contribution is 2.26. The van der Waals surface area contributed by atoms with Gasteiger partial charge in [-0.2, -0.15) is 0 Å². The number of methoxy groups -OCH3 is 1. The highest BCUT2D eigenvalue weighted by Gasteiger charge is 2.27. The Bertz CT molecular complexity index is 955. The zero-order valence-electron chi connectivity index (χ0n) is 17.0. The largest absolute Gasteiger partial charge is 0.497 e. The molecule has 1 saturated heterocycles. The fourth-order valence-corrected chi connectivity index (χ4v) is 3.44. The molecule has 0 saturated carbocycles. The van der Waals surface area contributed by atoms with Gasteiger partial charge in [0.2, 0.25) is 5.91 Å². The van der Waals surface area contributed by atoms with Crippen LogP contribution in [0.5, 0.6) is 11.5 Å². The summed E-state index contributed by atoms with van der Waals surface area (Å²) in [7, 11) is 1.64. The summed E-state index contributed by atoms with van der Waals surface area (Å²) in [6, 6.07) is 25.8. The third kappa shape index (κ3) is 4.99. The van der Waals surface area contributed by atoms with Crippen LogP contribution in [0.1, 0.15) is 22.8 Å². The van der Waals surface area contributed by atoms with Crippen LogP contribution in [0.25, 0.3) is 0 Å². The molecule has 1 heterocycles. The summed E-state index contributed by atoms with van der Waals surface area (Å²) < 4.78 is 16.8. The fourth-order valence-electron chi connectivity index (χ4n) is 3.44. The van der Waals surface area contributed by atoms with Crippen LogP contribution < -0.4 is 9.47 Å². The zero-order valence-corrected chi connectivity index (χ0v) is 17.0. The second-order valence-corrected chi connectivity index (χ2v) is 7.27. The Labute approximate surface area is 176 Å². The van der Waals surface area contributed by atoms with E-state index in [9.17, 15) is 4.79 Å². The molecule has 3 aromatic rings. The molecular formula is C25H25NO4. The standard InChI is InChI=1S/C25H25NO4/c1-28-22-11-7-19(8-12-22)15-26-16-24(30-18-25(26)27)21-9-13-23(14-10-21)29-17-20-5-3-2-4-6-20/h2-14,24H,15-18H2,1H3/t24-/m1/s1. The van der Waals surface area contributed by atoms with Crippen LogP contribution in [0.15, 0.2) is 78.9 Å². The first-order chi connectivity index (χ1) is 14.7. The maximum Gasteiger partial charge on any atom is 0.249 e. The topological polar surface area (TPSA) is 48.0 Å². The van der Waals surface area contributed by atoms with Gasteiger partial charge in [-0.25, -0.2) is 0 Å². The predicted molar refractivity (Wildman–Crippen MR) is 114 cm³/mol. The van der Waals surface area contributed by atoms with E-state index in [4.69, 9.17) is 14.2 Å². The second-order valence-electron chi connectivity index (χ2n) is 7.27. The highest BCUT2D eigenvalue weighted by molar-refractivity contribution is 5.78. The maximum absolute atomic E-state index is 12.3. The molecule has 1 atom stereocenters. The molecule has 0 aliphatic carbocycles. The van der Waals surface area contributed by atoms with Crippen molar-refractivity contribution in [2.45, 2.75) is 19.3 Å². The van der Waals surface area contributed by atoms with Crippen molar-refractivity contribution in [2.24, 2.45) is 0 Å². The van der Waals surface area contributed by atoms with Gasteiger partial charge in [0.05, 0.1) is 13.7 Å². The number of rotatable bonds is 7. The molecule has 4 rings (SSSR count). The van der Waals surface area contributed by atoms with Gasteiger partial charge in [-0.05, 0) is 41.0 Å². The lowest BCUT2D eigenvalue weighted by atomic mass is 10.1. The molecule has 3 aromatic carbocycles. The van der Waals surface area contributed by atoms with Gasteiger partial charge in [0.1, 0.15) is 30.8 Å². The number of amides is 1. The smallest absolute Gasteiger partial charge is 0.249 e. The Hall–Kier alpha value is -3.31. The summed E-state index contributed by atoms with van der Waals surface area (Å²) in [6.07, 6.45) is -0.149. The van der Waals surface area contributed by atoms with Crippen LogP contribution in [-0.2, 0) is 22.7 Å². The van der Waals surface area contributed by atoms with E-state index < -0.39 is 0 Å². The lowest BCUT2D eigenvalue weighted by molar-refractivity contribution is -0.150. The van der Waals surface area contributed by atoms with E-state index in [1.807, 2.05) is 83.8 Å². The zero-order chi connectivity index (χ0) is 20.8. The molecular weight excluding hydrogens is 378 g/mol. The van der Waals surface area contributed by atoms with Crippen LogP contribution in [0.3, 0.4) is 0 Å². The first-order valence-electron chi connectivity index (χ1n) is 10.0. The van der Waals surface area contributed by atoms with Crippen molar-refractivity contribution in [2.75, 3.05) is 20.3 Å².